The Bertz CT molecular complexity index is 513. The van der Waals surface area contributed by atoms with Crippen molar-refractivity contribution < 1.29 is 9.53 Å². The molecule has 6 heteroatoms. The summed E-state index contributed by atoms with van der Waals surface area (Å²) in [7, 11) is 3.95. The molecule has 1 amide bonds. The summed E-state index contributed by atoms with van der Waals surface area (Å²) in [5.41, 5.74) is 1.51. The fourth-order valence-electron chi connectivity index (χ4n) is 3.25. The van der Waals surface area contributed by atoms with Crippen LogP contribution in [0.5, 0.6) is 0 Å². The number of ether oxygens (including phenoxy) is 1. The number of fused-ring (bicyclic) bond motifs is 1. The average molecular weight is 278 g/mol. The maximum atomic E-state index is 12.8. The summed E-state index contributed by atoms with van der Waals surface area (Å²) in [5.74, 6) is 0.0872. The number of hydrogen-bond donors (Lipinski definition) is 0. The molecule has 2 saturated heterocycles. The van der Waals surface area contributed by atoms with E-state index in [9.17, 15) is 4.79 Å². The second-order valence-corrected chi connectivity index (χ2v) is 5.83. The monoisotopic (exact) mass is 278 g/mol. The summed E-state index contributed by atoms with van der Waals surface area (Å²) >= 11 is 0. The van der Waals surface area contributed by atoms with Crippen LogP contribution in [0.15, 0.2) is 6.20 Å². The van der Waals surface area contributed by atoms with Crippen molar-refractivity contribution in [2.45, 2.75) is 25.5 Å². The highest BCUT2D eigenvalue weighted by Gasteiger charge is 2.39. The molecule has 0 radical (unpaired) electrons. The molecule has 2 fully saturated rings. The zero-order valence-electron chi connectivity index (χ0n) is 12.4. The zero-order chi connectivity index (χ0) is 14.3. The lowest BCUT2D eigenvalue weighted by Crippen LogP contribution is -2.60. The van der Waals surface area contributed by atoms with Crippen LogP contribution in [0, 0.1) is 6.92 Å². The van der Waals surface area contributed by atoms with Crippen molar-refractivity contribution in [3.63, 3.8) is 0 Å². The van der Waals surface area contributed by atoms with Gasteiger partial charge < -0.3 is 14.5 Å². The predicted molar refractivity (Wildman–Crippen MR) is 74.6 cm³/mol. The minimum absolute atomic E-state index is 0.0872. The smallest absolute Gasteiger partial charge is 0.257 e. The van der Waals surface area contributed by atoms with E-state index in [0.717, 1.165) is 25.2 Å². The van der Waals surface area contributed by atoms with Gasteiger partial charge in [0.1, 0.15) is 0 Å². The molecule has 6 nitrogen and oxygen atoms in total. The standard InChI is InChI=1S/C14H22N4O2/c1-10-11(8-17(3)15-10)14(19)18-6-7-20-13-4-5-16(2)9-12(13)18/h8,12-13H,4-7,9H2,1-3H3/t12-,13-/m1/s1. The molecule has 0 spiro atoms. The number of likely N-dealkylation sites (tertiary alicyclic amines) is 1. The second-order valence-electron chi connectivity index (χ2n) is 5.83. The van der Waals surface area contributed by atoms with Crippen LogP contribution in [0.2, 0.25) is 0 Å². The summed E-state index contributed by atoms with van der Waals surface area (Å²) < 4.78 is 7.54. The van der Waals surface area contributed by atoms with Crippen LogP contribution >= 0.6 is 0 Å². The maximum absolute atomic E-state index is 12.8. The number of rotatable bonds is 1. The third kappa shape index (κ3) is 2.33. The van der Waals surface area contributed by atoms with Gasteiger partial charge in [-0.25, -0.2) is 0 Å². The lowest BCUT2D eigenvalue weighted by Gasteiger charge is -2.46. The van der Waals surface area contributed by atoms with Crippen molar-refractivity contribution in [2.75, 3.05) is 33.3 Å². The van der Waals surface area contributed by atoms with Gasteiger partial charge in [-0.15, -0.1) is 0 Å². The highest BCUT2D eigenvalue weighted by Crippen LogP contribution is 2.24. The summed E-state index contributed by atoms with van der Waals surface area (Å²) in [6.45, 7) is 5.11. The lowest BCUT2D eigenvalue weighted by atomic mass is 9.98. The first kappa shape index (κ1) is 13.6. The third-order valence-electron chi connectivity index (χ3n) is 4.29. The first-order valence-corrected chi connectivity index (χ1v) is 7.17. The third-order valence-corrected chi connectivity index (χ3v) is 4.29. The first-order valence-electron chi connectivity index (χ1n) is 7.17. The molecule has 0 bridgehead atoms. The molecule has 2 aliphatic rings. The summed E-state index contributed by atoms with van der Waals surface area (Å²) in [6.07, 6.45) is 2.99. The van der Waals surface area contributed by atoms with Crippen molar-refractivity contribution >= 4 is 5.91 Å². The number of carbonyl (C=O) groups is 1. The summed E-state index contributed by atoms with van der Waals surface area (Å²) in [6, 6.07) is 0.162. The molecule has 0 aliphatic carbocycles. The first-order chi connectivity index (χ1) is 9.56. The Morgan fingerprint density at radius 1 is 1.40 bits per heavy atom. The van der Waals surface area contributed by atoms with Gasteiger partial charge in [0, 0.05) is 32.9 Å². The Labute approximate surface area is 119 Å². The highest BCUT2D eigenvalue weighted by atomic mass is 16.5. The van der Waals surface area contributed by atoms with Gasteiger partial charge in [-0.05, 0) is 20.4 Å². The van der Waals surface area contributed by atoms with E-state index in [4.69, 9.17) is 4.74 Å². The van der Waals surface area contributed by atoms with Gasteiger partial charge in [-0.3, -0.25) is 9.48 Å². The number of carbonyl (C=O) groups excluding carboxylic acids is 1. The number of likely N-dealkylation sites (N-methyl/N-ethyl adjacent to an activating group) is 1. The topological polar surface area (TPSA) is 50.6 Å². The Balaban J connectivity index is 1.84. The molecule has 110 valence electrons. The van der Waals surface area contributed by atoms with Gasteiger partial charge in [-0.1, -0.05) is 0 Å². The van der Waals surface area contributed by atoms with E-state index in [1.54, 1.807) is 4.68 Å². The van der Waals surface area contributed by atoms with Crippen LogP contribution < -0.4 is 0 Å². The van der Waals surface area contributed by atoms with Gasteiger partial charge in [0.2, 0.25) is 0 Å². The molecule has 2 atom stereocenters. The number of morpholine rings is 1. The summed E-state index contributed by atoms with van der Waals surface area (Å²) in [4.78, 5) is 17.0. The van der Waals surface area contributed by atoms with Gasteiger partial charge in [0.15, 0.2) is 0 Å². The van der Waals surface area contributed by atoms with Crippen LogP contribution in [-0.2, 0) is 11.8 Å². The molecule has 20 heavy (non-hydrogen) atoms. The Morgan fingerprint density at radius 2 is 2.20 bits per heavy atom. The van der Waals surface area contributed by atoms with Crippen molar-refractivity contribution in [3.8, 4) is 0 Å². The highest BCUT2D eigenvalue weighted by molar-refractivity contribution is 5.95. The van der Waals surface area contributed by atoms with Gasteiger partial charge in [0.25, 0.3) is 5.91 Å². The fourth-order valence-corrected chi connectivity index (χ4v) is 3.25. The molecule has 0 aromatic carbocycles. The van der Waals surface area contributed by atoms with E-state index < -0.39 is 0 Å². The Hall–Kier alpha value is -1.40. The second kappa shape index (κ2) is 5.18. The van der Waals surface area contributed by atoms with E-state index in [-0.39, 0.29) is 18.1 Å². The minimum atomic E-state index is 0.0872. The van der Waals surface area contributed by atoms with E-state index in [1.165, 1.54) is 0 Å². The molecule has 1 aromatic heterocycles. The van der Waals surface area contributed by atoms with Crippen LogP contribution in [0.3, 0.4) is 0 Å². The van der Waals surface area contributed by atoms with Crippen LogP contribution in [0.4, 0.5) is 0 Å². The van der Waals surface area contributed by atoms with Crippen molar-refractivity contribution in [3.05, 3.63) is 17.5 Å². The van der Waals surface area contributed by atoms with Crippen LogP contribution in [-0.4, -0.2) is 70.9 Å². The molecule has 3 rings (SSSR count). The van der Waals surface area contributed by atoms with Gasteiger partial charge in [-0.2, -0.15) is 5.10 Å². The van der Waals surface area contributed by atoms with Crippen molar-refractivity contribution in [1.29, 1.82) is 0 Å². The molecule has 1 aromatic rings. The van der Waals surface area contributed by atoms with E-state index >= 15 is 0 Å². The lowest BCUT2D eigenvalue weighted by molar-refractivity contribution is -0.0870. The molecule has 2 aliphatic heterocycles. The van der Waals surface area contributed by atoms with E-state index in [2.05, 4.69) is 17.0 Å². The molecular weight excluding hydrogens is 256 g/mol. The van der Waals surface area contributed by atoms with Gasteiger partial charge in [0.05, 0.1) is 30.0 Å². The van der Waals surface area contributed by atoms with Crippen LogP contribution in [0.25, 0.3) is 0 Å². The molecule has 0 N–H and O–H groups in total. The Kier molecular flexibility index (Phi) is 3.52. The molecule has 0 unspecified atom stereocenters. The normalized spacial score (nSPS) is 27.4. The van der Waals surface area contributed by atoms with Crippen molar-refractivity contribution in [1.82, 2.24) is 19.6 Å². The number of piperidine rings is 1. The average Bonchev–Trinajstić information content (AvgIpc) is 2.76. The molecule has 0 saturated carbocycles. The minimum Gasteiger partial charge on any atom is -0.374 e. The predicted octanol–water partition coefficient (Wildman–Crippen LogP) is 0.274. The zero-order valence-corrected chi connectivity index (χ0v) is 12.4. The number of nitrogens with zero attached hydrogens (tertiary/aromatic N) is 4. The number of hydrogen-bond acceptors (Lipinski definition) is 4. The van der Waals surface area contributed by atoms with Gasteiger partial charge >= 0.3 is 0 Å². The number of aryl methyl sites for hydroxylation is 2. The largest absolute Gasteiger partial charge is 0.374 e. The SMILES string of the molecule is Cc1nn(C)cc1C(=O)N1CCO[C@@H]2CCN(C)C[C@H]21. The van der Waals surface area contributed by atoms with E-state index in [0.29, 0.717) is 18.7 Å². The molecular formula is C14H22N4O2. The maximum Gasteiger partial charge on any atom is 0.257 e. The number of aromatic nitrogens is 2. The fraction of sp³-hybridized carbons (Fsp3) is 0.714. The van der Waals surface area contributed by atoms with Crippen LogP contribution in [0.1, 0.15) is 22.5 Å². The molecule has 3 heterocycles. The van der Waals surface area contributed by atoms with Crippen molar-refractivity contribution in [2.24, 2.45) is 7.05 Å². The Morgan fingerprint density at radius 3 is 2.90 bits per heavy atom. The summed E-state index contributed by atoms with van der Waals surface area (Å²) in [5, 5.41) is 4.27. The quantitative estimate of drug-likeness (QED) is 0.740. The van der Waals surface area contributed by atoms with E-state index in [1.807, 2.05) is 25.1 Å². The number of amides is 1.